The van der Waals surface area contributed by atoms with Gasteiger partial charge in [-0.2, -0.15) is 0 Å². The molecule has 1 aromatic carbocycles. The van der Waals surface area contributed by atoms with Gasteiger partial charge in [0.1, 0.15) is 5.69 Å². The van der Waals surface area contributed by atoms with E-state index in [0.717, 1.165) is 13.0 Å². The highest BCUT2D eigenvalue weighted by Gasteiger charge is 2.31. The second-order valence-electron chi connectivity index (χ2n) is 6.26. The number of carbonyl (C=O) groups is 2. The number of nitrogens with one attached hydrogen (secondary N) is 1. The molecule has 126 valence electrons. The van der Waals surface area contributed by atoms with E-state index >= 15 is 0 Å². The van der Waals surface area contributed by atoms with Crippen LogP contribution in [0.5, 0.6) is 0 Å². The van der Waals surface area contributed by atoms with Gasteiger partial charge in [-0.25, -0.2) is 4.79 Å². The van der Waals surface area contributed by atoms with E-state index in [-0.39, 0.29) is 5.91 Å². The second kappa shape index (κ2) is 6.51. The van der Waals surface area contributed by atoms with Crippen molar-refractivity contribution in [3.05, 3.63) is 58.4 Å². The Morgan fingerprint density at radius 2 is 1.92 bits per heavy atom. The van der Waals surface area contributed by atoms with Gasteiger partial charge in [0.2, 0.25) is 0 Å². The zero-order valence-electron chi connectivity index (χ0n) is 14.3. The lowest BCUT2D eigenvalue weighted by Crippen LogP contribution is -2.29. The maximum atomic E-state index is 12.9. The molecule has 3 rings (SSSR count). The first-order chi connectivity index (χ1) is 11.5. The molecule has 1 aliphatic heterocycles. The van der Waals surface area contributed by atoms with Gasteiger partial charge in [-0.1, -0.05) is 30.3 Å². The summed E-state index contributed by atoms with van der Waals surface area (Å²) >= 11 is 0. The lowest BCUT2D eigenvalue weighted by molar-refractivity contribution is 0.0599. The number of hydrogen-bond donors (Lipinski definition) is 1. The minimum Gasteiger partial charge on any atom is -0.465 e. The third-order valence-corrected chi connectivity index (χ3v) is 4.79. The highest BCUT2D eigenvalue weighted by Crippen LogP contribution is 2.29. The van der Waals surface area contributed by atoms with Gasteiger partial charge in [-0.15, -0.1) is 0 Å². The first-order valence-electron chi connectivity index (χ1n) is 8.14. The number of methoxy groups -OCH3 is 1. The first kappa shape index (κ1) is 16.3. The van der Waals surface area contributed by atoms with E-state index in [1.54, 1.807) is 13.8 Å². The smallest absolute Gasteiger partial charge is 0.339 e. The van der Waals surface area contributed by atoms with Gasteiger partial charge in [-0.3, -0.25) is 4.79 Å². The Balaban J connectivity index is 1.80. The van der Waals surface area contributed by atoms with Crippen LogP contribution in [-0.2, 0) is 4.74 Å². The fraction of sp³-hybridized carbons (Fsp3) is 0.368. The minimum absolute atomic E-state index is 0.0517. The number of amides is 1. The van der Waals surface area contributed by atoms with Crippen molar-refractivity contribution < 1.29 is 14.3 Å². The summed E-state index contributed by atoms with van der Waals surface area (Å²) in [6.45, 7) is 5.00. The van der Waals surface area contributed by atoms with Crippen LogP contribution >= 0.6 is 0 Å². The number of aryl methyl sites for hydroxylation is 1. The van der Waals surface area contributed by atoms with Gasteiger partial charge in [0, 0.05) is 24.7 Å². The number of aromatic nitrogens is 1. The van der Waals surface area contributed by atoms with Crippen molar-refractivity contribution in [3.63, 3.8) is 0 Å². The van der Waals surface area contributed by atoms with Crippen molar-refractivity contribution in [2.75, 3.05) is 20.2 Å². The average Bonchev–Trinajstić information content (AvgIpc) is 3.20. The molecule has 1 N–H and O–H groups in total. The van der Waals surface area contributed by atoms with E-state index in [1.165, 1.54) is 12.7 Å². The fourth-order valence-electron chi connectivity index (χ4n) is 3.47. The number of ether oxygens (including phenoxy) is 1. The van der Waals surface area contributed by atoms with Crippen molar-refractivity contribution in [1.29, 1.82) is 0 Å². The number of esters is 1. The van der Waals surface area contributed by atoms with Gasteiger partial charge < -0.3 is 14.6 Å². The Labute approximate surface area is 141 Å². The van der Waals surface area contributed by atoms with Crippen molar-refractivity contribution in [1.82, 2.24) is 9.88 Å². The molecule has 5 nitrogen and oxygen atoms in total. The molecule has 1 aromatic heterocycles. The number of carbonyl (C=O) groups excluding carboxylic acids is 2. The van der Waals surface area contributed by atoms with E-state index in [1.807, 2.05) is 23.1 Å². The van der Waals surface area contributed by atoms with Gasteiger partial charge in [0.15, 0.2) is 0 Å². The third kappa shape index (κ3) is 2.82. The number of hydrogen-bond acceptors (Lipinski definition) is 3. The summed E-state index contributed by atoms with van der Waals surface area (Å²) in [6.07, 6.45) is 0.957. The summed E-state index contributed by atoms with van der Waals surface area (Å²) in [5, 5.41) is 0. The molecular weight excluding hydrogens is 304 g/mol. The maximum absolute atomic E-state index is 12.9. The molecule has 1 atom stereocenters. The topological polar surface area (TPSA) is 62.4 Å². The van der Waals surface area contributed by atoms with Crippen molar-refractivity contribution in [2.45, 2.75) is 26.2 Å². The number of benzene rings is 1. The summed E-state index contributed by atoms with van der Waals surface area (Å²) < 4.78 is 4.81. The number of nitrogens with zero attached hydrogens (tertiary/aromatic N) is 1. The summed E-state index contributed by atoms with van der Waals surface area (Å²) in [4.78, 5) is 29.7. The van der Waals surface area contributed by atoms with E-state index in [4.69, 9.17) is 4.74 Å². The molecule has 24 heavy (non-hydrogen) atoms. The van der Waals surface area contributed by atoms with Crippen LogP contribution in [0.2, 0.25) is 0 Å². The molecular formula is C19H22N2O3. The third-order valence-electron chi connectivity index (χ3n) is 4.79. The van der Waals surface area contributed by atoms with Gasteiger partial charge >= 0.3 is 5.97 Å². The highest BCUT2D eigenvalue weighted by atomic mass is 16.5. The van der Waals surface area contributed by atoms with Gasteiger partial charge in [0.05, 0.1) is 12.7 Å². The molecule has 1 unspecified atom stereocenters. The maximum Gasteiger partial charge on any atom is 0.339 e. The molecule has 2 heterocycles. The predicted octanol–water partition coefficient (Wildman–Crippen LogP) is 3.05. The normalized spacial score (nSPS) is 17.1. The largest absolute Gasteiger partial charge is 0.465 e. The average molecular weight is 326 g/mol. The zero-order chi connectivity index (χ0) is 17.3. The highest BCUT2D eigenvalue weighted by molar-refractivity contribution is 6.00. The summed E-state index contributed by atoms with van der Waals surface area (Å²) in [5.41, 5.74) is 3.54. The Kier molecular flexibility index (Phi) is 4.42. The molecule has 1 saturated heterocycles. The van der Waals surface area contributed by atoms with Crippen LogP contribution in [0.25, 0.3) is 0 Å². The lowest BCUT2D eigenvalue weighted by Gasteiger charge is -2.16. The van der Waals surface area contributed by atoms with Crippen LogP contribution in [0, 0.1) is 13.8 Å². The molecule has 0 bridgehead atoms. The Bertz CT molecular complexity index is 764. The summed E-state index contributed by atoms with van der Waals surface area (Å²) in [5.74, 6) is -0.0975. The standard InChI is InChI=1S/C19H22N2O3/c1-12-16(19(23)24-3)13(2)20-17(12)18(22)21-10-9-15(11-21)14-7-5-4-6-8-14/h4-8,15,20H,9-11H2,1-3H3. The quantitative estimate of drug-likeness (QED) is 0.882. The molecule has 0 radical (unpaired) electrons. The van der Waals surface area contributed by atoms with Crippen LogP contribution in [0.3, 0.4) is 0 Å². The number of aromatic amines is 1. The molecule has 1 fully saturated rings. The van der Waals surface area contributed by atoms with E-state index in [0.29, 0.717) is 35.0 Å². The molecule has 0 spiro atoms. The van der Waals surface area contributed by atoms with Crippen LogP contribution in [0.4, 0.5) is 0 Å². The van der Waals surface area contributed by atoms with Crippen molar-refractivity contribution in [2.24, 2.45) is 0 Å². The fourth-order valence-corrected chi connectivity index (χ4v) is 3.47. The molecule has 2 aromatic rings. The second-order valence-corrected chi connectivity index (χ2v) is 6.26. The lowest BCUT2D eigenvalue weighted by atomic mass is 9.99. The van der Waals surface area contributed by atoms with Crippen LogP contribution in [0.15, 0.2) is 30.3 Å². The SMILES string of the molecule is COC(=O)c1c(C)[nH]c(C(=O)N2CCC(c3ccccc3)C2)c1C. The molecule has 1 aliphatic rings. The Morgan fingerprint density at radius 3 is 2.58 bits per heavy atom. The monoisotopic (exact) mass is 326 g/mol. The van der Waals surface area contributed by atoms with Crippen LogP contribution in [-0.4, -0.2) is 42.0 Å². The first-order valence-corrected chi connectivity index (χ1v) is 8.14. The molecule has 1 amide bonds. The Hall–Kier alpha value is -2.56. The summed E-state index contributed by atoms with van der Waals surface area (Å²) in [6, 6.07) is 10.3. The number of H-pyrrole nitrogens is 1. The Morgan fingerprint density at radius 1 is 1.21 bits per heavy atom. The van der Waals surface area contributed by atoms with E-state index in [9.17, 15) is 9.59 Å². The zero-order valence-corrected chi connectivity index (χ0v) is 14.3. The van der Waals surface area contributed by atoms with Gasteiger partial charge in [0.25, 0.3) is 5.91 Å². The van der Waals surface area contributed by atoms with Crippen molar-refractivity contribution >= 4 is 11.9 Å². The minimum atomic E-state index is -0.413. The van der Waals surface area contributed by atoms with Crippen molar-refractivity contribution in [3.8, 4) is 0 Å². The molecule has 5 heteroatoms. The van der Waals surface area contributed by atoms with E-state index < -0.39 is 5.97 Å². The molecule has 0 saturated carbocycles. The predicted molar refractivity (Wildman–Crippen MR) is 91.3 cm³/mol. The molecule has 0 aliphatic carbocycles. The number of likely N-dealkylation sites (tertiary alicyclic amines) is 1. The van der Waals surface area contributed by atoms with Crippen LogP contribution < -0.4 is 0 Å². The van der Waals surface area contributed by atoms with Gasteiger partial charge in [-0.05, 0) is 31.4 Å². The van der Waals surface area contributed by atoms with Crippen LogP contribution in [0.1, 0.15) is 50.0 Å². The van der Waals surface area contributed by atoms with E-state index in [2.05, 4.69) is 17.1 Å². The summed E-state index contributed by atoms with van der Waals surface area (Å²) in [7, 11) is 1.35. The number of rotatable bonds is 3.